The molecular formula is C25H25N5O2S2. The van der Waals surface area contributed by atoms with E-state index in [1.54, 1.807) is 25.6 Å². The number of hydrogen-bond acceptors (Lipinski definition) is 6. The number of rotatable bonds is 6. The van der Waals surface area contributed by atoms with E-state index in [0.717, 1.165) is 39.2 Å². The van der Waals surface area contributed by atoms with Crippen molar-refractivity contribution in [2.45, 2.75) is 25.9 Å². The lowest BCUT2D eigenvalue weighted by molar-refractivity contribution is 0.403. The van der Waals surface area contributed by atoms with Gasteiger partial charge in [0.25, 0.3) is 0 Å². The molecule has 1 aliphatic rings. The Bertz CT molecular complexity index is 1320. The summed E-state index contributed by atoms with van der Waals surface area (Å²) in [5.41, 5.74) is 5.11. The third-order valence-electron chi connectivity index (χ3n) is 6.14. The number of nitrogens with zero attached hydrogens (tertiary/aromatic N) is 4. The van der Waals surface area contributed by atoms with E-state index in [-0.39, 0.29) is 12.1 Å². The number of aromatic nitrogens is 3. The number of anilines is 1. The molecule has 0 spiro atoms. The SMILES string of the molecule is COc1ccc(OC)c(N2C(=S)NC(c3ccccn3)C2c2cc(C)n(-c3nccs3)c2C)c1. The Kier molecular flexibility index (Phi) is 5.97. The molecule has 0 amide bonds. The van der Waals surface area contributed by atoms with Crippen LogP contribution in [0.2, 0.25) is 0 Å². The first kappa shape index (κ1) is 22.4. The van der Waals surface area contributed by atoms with E-state index in [1.165, 1.54) is 0 Å². The Morgan fingerprint density at radius 1 is 1.03 bits per heavy atom. The molecule has 4 aromatic rings. The van der Waals surface area contributed by atoms with E-state index in [0.29, 0.717) is 10.9 Å². The highest BCUT2D eigenvalue weighted by Gasteiger charge is 2.43. The zero-order valence-corrected chi connectivity index (χ0v) is 21.0. The minimum absolute atomic E-state index is 0.158. The zero-order chi connectivity index (χ0) is 23.8. The van der Waals surface area contributed by atoms with Crippen LogP contribution in [0.4, 0.5) is 5.69 Å². The maximum absolute atomic E-state index is 5.90. The maximum atomic E-state index is 5.90. The van der Waals surface area contributed by atoms with Gasteiger partial charge >= 0.3 is 0 Å². The summed E-state index contributed by atoms with van der Waals surface area (Å²) in [6.07, 6.45) is 3.64. The van der Waals surface area contributed by atoms with Crippen molar-refractivity contribution in [1.82, 2.24) is 19.9 Å². The molecule has 2 unspecified atom stereocenters. The van der Waals surface area contributed by atoms with Gasteiger partial charge in [0.15, 0.2) is 10.2 Å². The van der Waals surface area contributed by atoms with E-state index in [9.17, 15) is 0 Å². The molecule has 1 aromatic carbocycles. The van der Waals surface area contributed by atoms with Crippen LogP contribution in [0.15, 0.2) is 60.2 Å². The van der Waals surface area contributed by atoms with Gasteiger partial charge in [0, 0.05) is 35.2 Å². The van der Waals surface area contributed by atoms with Gasteiger partial charge in [-0.05, 0) is 62.0 Å². The Morgan fingerprint density at radius 3 is 2.56 bits per heavy atom. The number of methoxy groups -OCH3 is 2. The van der Waals surface area contributed by atoms with Gasteiger partial charge in [-0.3, -0.25) is 9.55 Å². The highest BCUT2D eigenvalue weighted by atomic mass is 32.1. The van der Waals surface area contributed by atoms with Gasteiger partial charge in [-0.25, -0.2) is 4.98 Å². The van der Waals surface area contributed by atoms with Crippen LogP contribution in [0.25, 0.3) is 5.13 Å². The zero-order valence-electron chi connectivity index (χ0n) is 19.4. The molecule has 1 N–H and O–H groups in total. The van der Waals surface area contributed by atoms with Gasteiger partial charge in [0.05, 0.1) is 37.7 Å². The molecule has 1 fully saturated rings. The summed E-state index contributed by atoms with van der Waals surface area (Å²) in [6.45, 7) is 4.23. The van der Waals surface area contributed by atoms with Crippen molar-refractivity contribution in [2.75, 3.05) is 19.1 Å². The molecule has 0 radical (unpaired) electrons. The third kappa shape index (κ3) is 3.70. The highest BCUT2D eigenvalue weighted by Crippen LogP contribution is 2.47. The Morgan fingerprint density at radius 2 is 1.88 bits per heavy atom. The summed E-state index contributed by atoms with van der Waals surface area (Å²) in [5.74, 6) is 1.44. The summed E-state index contributed by atoms with van der Waals surface area (Å²) in [5, 5.41) is 7.06. The molecule has 2 atom stereocenters. The molecule has 5 rings (SSSR count). The lowest BCUT2D eigenvalue weighted by Gasteiger charge is -2.29. The Labute approximate surface area is 208 Å². The van der Waals surface area contributed by atoms with Gasteiger partial charge < -0.3 is 19.7 Å². The monoisotopic (exact) mass is 491 g/mol. The van der Waals surface area contributed by atoms with Crippen molar-refractivity contribution < 1.29 is 9.47 Å². The van der Waals surface area contributed by atoms with E-state index >= 15 is 0 Å². The number of nitrogens with one attached hydrogen (secondary N) is 1. The van der Waals surface area contributed by atoms with Gasteiger partial charge in [-0.15, -0.1) is 11.3 Å². The average molecular weight is 492 g/mol. The standard InChI is InChI=1S/C25H25N5O2S2/c1-15-13-18(16(2)29(15)25-27-11-12-34-25)23-22(19-7-5-6-10-26-19)28-24(33)30(23)20-14-17(31-3)8-9-21(20)32-4/h5-14,22-23H,1-4H3,(H,28,33). The third-order valence-corrected chi connectivity index (χ3v) is 7.21. The van der Waals surface area contributed by atoms with Crippen molar-refractivity contribution in [3.05, 3.63) is 82.9 Å². The molecular weight excluding hydrogens is 466 g/mol. The summed E-state index contributed by atoms with van der Waals surface area (Å²) < 4.78 is 13.5. The van der Waals surface area contributed by atoms with Crippen LogP contribution in [0.1, 0.15) is 34.7 Å². The quantitative estimate of drug-likeness (QED) is 0.375. The van der Waals surface area contributed by atoms with Crippen LogP contribution in [0.5, 0.6) is 11.5 Å². The smallest absolute Gasteiger partial charge is 0.193 e. The molecule has 0 bridgehead atoms. The van der Waals surface area contributed by atoms with Gasteiger partial charge in [0.1, 0.15) is 11.5 Å². The average Bonchev–Trinajstić information content (AvgIpc) is 3.57. The first-order valence-electron chi connectivity index (χ1n) is 10.8. The van der Waals surface area contributed by atoms with E-state index in [1.807, 2.05) is 54.2 Å². The number of hydrogen-bond donors (Lipinski definition) is 1. The second-order valence-electron chi connectivity index (χ2n) is 8.01. The summed E-state index contributed by atoms with van der Waals surface area (Å²) >= 11 is 7.51. The fourth-order valence-corrected chi connectivity index (χ4v) is 5.71. The molecule has 0 saturated carbocycles. The molecule has 7 nitrogen and oxygen atoms in total. The number of ether oxygens (including phenoxy) is 2. The second-order valence-corrected chi connectivity index (χ2v) is 9.27. The van der Waals surface area contributed by atoms with E-state index < -0.39 is 0 Å². The van der Waals surface area contributed by atoms with Gasteiger partial charge in [-0.2, -0.15) is 0 Å². The van der Waals surface area contributed by atoms with Crippen LogP contribution >= 0.6 is 23.6 Å². The molecule has 1 saturated heterocycles. The molecule has 174 valence electrons. The van der Waals surface area contributed by atoms with Crippen molar-refractivity contribution in [3.8, 4) is 16.6 Å². The summed E-state index contributed by atoms with van der Waals surface area (Å²) in [6, 6.07) is 13.6. The minimum atomic E-state index is -0.164. The van der Waals surface area contributed by atoms with E-state index in [4.69, 9.17) is 21.7 Å². The topological polar surface area (TPSA) is 64.4 Å². The molecule has 3 aromatic heterocycles. The molecule has 4 heterocycles. The first-order chi connectivity index (χ1) is 16.5. The van der Waals surface area contributed by atoms with Crippen LogP contribution in [-0.2, 0) is 0 Å². The summed E-state index contributed by atoms with van der Waals surface area (Å²) in [4.78, 5) is 11.3. The molecule has 9 heteroatoms. The van der Waals surface area contributed by atoms with Crippen LogP contribution in [0, 0.1) is 13.8 Å². The van der Waals surface area contributed by atoms with Gasteiger partial charge in [-0.1, -0.05) is 6.07 Å². The van der Waals surface area contributed by atoms with Crippen LogP contribution in [-0.4, -0.2) is 33.9 Å². The molecule has 1 aliphatic heterocycles. The lowest BCUT2D eigenvalue weighted by atomic mass is 9.96. The molecule has 34 heavy (non-hydrogen) atoms. The predicted octanol–water partition coefficient (Wildman–Crippen LogP) is 5.14. The lowest BCUT2D eigenvalue weighted by Crippen LogP contribution is -2.30. The van der Waals surface area contributed by atoms with Crippen molar-refractivity contribution in [2.24, 2.45) is 0 Å². The molecule has 0 aliphatic carbocycles. The Balaban J connectivity index is 1.72. The second kappa shape index (κ2) is 9.08. The fraction of sp³-hybridized carbons (Fsp3) is 0.240. The minimum Gasteiger partial charge on any atom is -0.497 e. The summed E-state index contributed by atoms with van der Waals surface area (Å²) in [7, 11) is 3.32. The van der Waals surface area contributed by atoms with Crippen molar-refractivity contribution in [3.63, 3.8) is 0 Å². The maximum Gasteiger partial charge on any atom is 0.193 e. The van der Waals surface area contributed by atoms with Crippen molar-refractivity contribution >= 4 is 34.4 Å². The van der Waals surface area contributed by atoms with E-state index in [2.05, 4.69) is 44.7 Å². The largest absolute Gasteiger partial charge is 0.497 e. The van der Waals surface area contributed by atoms with Crippen LogP contribution < -0.4 is 19.7 Å². The predicted molar refractivity (Wildman–Crippen MR) is 138 cm³/mol. The highest BCUT2D eigenvalue weighted by molar-refractivity contribution is 7.80. The number of thiocarbonyl (C=S) groups is 1. The van der Waals surface area contributed by atoms with Crippen LogP contribution in [0.3, 0.4) is 0 Å². The number of aryl methyl sites for hydroxylation is 1. The Hall–Kier alpha value is -3.43. The van der Waals surface area contributed by atoms with Gasteiger partial charge in [0.2, 0.25) is 0 Å². The number of pyridine rings is 1. The number of thiazole rings is 1. The number of benzene rings is 1. The fourth-order valence-electron chi connectivity index (χ4n) is 4.62. The van der Waals surface area contributed by atoms with Crippen molar-refractivity contribution in [1.29, 1.82) is 0 Å². The normalized spacial score (nSPS) is 17.6. The first-order valence-corrected chi connectivity index (χ1v) is 12.1.